The number of carbonyl (C=O) groups is 3. The highest BCUT2D eigenvalue weighted by Gasteiger charge is 2.33. The number of rotatable bonds is 5. The third kappa shape index (κ3) is 6.04. The standard InChI is InChI=1S/C14H22O6/c1-9(15)18-7-12-4-5-14(20-11(3)17)6-13(12)8-19-10(2)16/h12-14H,4-8H2,1-3H3/t12-,13+,14+/m0/s1. The summed E-state index contributed by atoms with van der Waals surface area (Å²) in [6.45, 7) is 4.68. The molecule has 0 radical (unpaired) electrons. The Labute approximate surface area is 118 Å². The van der Waals surface area contributed by atoms with Crippen LogP contribution in [0.3, 0.4) is 0 Å². The zero-order valence-electron chi connectivity index (χ0n) is 12.2. The summed E-state index contributed by atoms with van der Waals surface area (Å²) in [5.41, 5.74) is 0. The molecule has 1 aliphatic carbocycles. The minimum Gasteiger partial charge on any atom is -0.466 e. The largest absolute Gasteiger partial charge is 0.466 e. The SMILES string of the molecule is CC(=O)OC[C@@H]1CC[C@@H](OC(C)=O)C[C@@H]1COC(C)=O. The number of hydrogen-bond donors (Lipinski definition) is 0. The van der Waals surface area contributed by atoms with Crippen LogP contribution >= 0.6 is 0 Å². The lowest BCUT2D eigenvalue weighted by atomic mass is 9.78. The van der Waals surface area contributed by atoms with Crippen LogP contribution in [0.5, 0.6) is 0 Å². The molecule has 0 N–H and O–H groups in total. The van der Waals surface area contributed by atoms with Gasteiger partial charge in [0.05, 0.1) is 13.2 Å². The molecule has 0 aromatic heterocycles. The van der Waals surface area contributed by atoms with E-state index >= 15 is 0 Å². The zero-order valence-corrected chi connectivity index (χ0v) is 12.2. The summed E-state index contributed by atoms with van der Waals surface area (Å²) in [4.78, 5) is 32.8. The van der Waals surface area contributed by atoms with Crippen molar-refractivity contribution in [2.45, 2.75) is 46.1 Å². The Balaban J connectivity index is 2.56. The van der Waals surface area contributed by atoms with Crippen LogP contribution in [0.1, 0.15) is 40.0 Å². The van der Waals surface area contributed by atoms with E-state index in [1.165, 1.54) is 20.8 Å². The molecule has 1 saturated carbocycles. The minimum absolute atomic E-state index is 0.0383. The second kappa shape index (κ2) is 7.87. The van der Waals surface area contributed by atoms with E-state index in [9.17, 15) is 14.4 Å². The normalized spacial score (nSPS) is 25.6. The third-order valence-corrected chi connectivity index (χ3v) is 3.43. The molecule has 0 aromatic rings. The first-order chi connectivity index (χ1) is 9.38. The number of carbonyl (C=O) groups excluding carboxylic acids is 3. The van der Waals surface area contributed by atoms with Gasteiger partial charge in [0.15, 0.2) is 0 Å². The topological polar surface area (TPSA) is 78.9 Å². The van der Waals surface area contributed by atoms with E-state index in [0.717, 1.165) is 12.8 Å². The molecule has 1 rings (SSSR count). The number of hydrogen-bond acceptors (Lipinski definition) is 6. The first kappa shape index (κ1) is 16.5. The molecule has 1 aliphatic rings. The van der Waals surface area contributed by atoms with Crippen molar-refractivity contribution in [2.75, 3.05) is 13.2 Å². The van der Waals surface area contributed by atoms with E-state index in [1.807, 2.05) is 0 Å². The maximum Gasteiger partial charge on any atom is 0.302 e. The van der Waals surface area contributed by atoms with Crippen molar-refractivity contribution in [3.8, 4) is 0 Å². The molecule has 6 nitrogen and oxygen atoms in total. The van der Waals surface area contributed by atoms with Crippen LogP contribution in [0.4, 0.5) is 0 Å². The molecule has 0 spiro atoms. The fourth-order valence-corrected chi connectivity index (χ4v) is 2.50. The van der Waals surface area contributed by atoms with Gasteiger partial charge >= 0.3 is 17.9 Å². The Morgan fingerprint density at radius 2 is 1.40 bits per heavy atom. The summed E-state index contributed by atoms with van der Waals surface area (Å²) in [6, 6.07) is 0. The fraction of sp³-hybridized carbons (Fsp3) is 0.786. The Bertz CT molecular complexity index is 365. The molecular weight excluding hydrogens is 264 g/mol. The van der Waals surface area contributed by atoms with Crippen LogP contribution in [0.25, 0.3) is 0 Å². The second-order valence-corrected chi connectivity index (χ2v) is 5.17. The molecule has 0 aliphatic heterocycles. The summed E-state index contributed by atoms with van der Waals surface area (Å²) < 4.78 is 15.3. The van der Waals surface area contributed by atoms with Crippen LogP contribution in [-0.4, -0.2) is 37.2 Å². The number of ether oxygens (including phenoxy) is 3. The Hall–Kier alpha value is -1.59. The predicted molar refractivity (Wildman–Crippen MR) is 69.7 cm³/mol. The molecule has 0 aromatic carbocycles. The lowest BCUT2D eigenvalue weighted by Crippen LogP contribution is -2.36. The number of esters is 3. The van der Waals surface area contributed by atoms with Crippen LogP contribution in [0.15, 0.2) is 0 Å². The van der Waals surface area contributed by atoms with Gasteiger partial charge in [-0.1, -0.05) is 0 Å². The minimum atomic E-state index is -0.342. The average Bonchev–Trinajstić information content (AvgIpc) is 2.34. The van der Waals surface area contributed by atoms with Crippen molar-refractivity contribution in [3.63, 3.8) is 0 Å². The molecule has 0 unspecified atom stereocenters. The summed E-state index contributed by atoms with van der Waals surface area (Å²) in [6.07, 6.45) is 1.99. The van der Waals surface area contributed by atoms with Gasteiger partial charge in [-0.15, -0.1) is 0 Å². The summed E-state index contributed by atoms with van der Waals surface area (Å²) >= 11 is 0. The molecular formula is C14H22O6. The van der Waals surface area contributed by atoms with Crippen molar-refractivity contribution < 1.29 is 28.6 Å². The molecule has 0 amide bonds. The summed E-state index contributed by atoms with van der Waals surface area (Å²) in [5, 5.41) is 0. The Kier molecular flexibility index (Phi) is 6.48. The van der Waals surface area contributed by atoms with Crippen LogP contribution in [0.2, 0.25) is 0 Å². The maximum absolute atomic E-state index is 11.0. The molecule has 3 atom stereocenters. The van der Waals surface area contributed by atoms with E-state index in [-0.39, 0.29) is 42.5 Å². The fourth-order valence-electron chi connectivity index (χ4n) is 2.50. The lowest BCUT2D eigenvalue weighted by molar-refractivity contribution is -0.155. The molecule has 114 valence electrons. The van der Waals surface area contributed by atoms with Crippen LogP contribution in [0, 0.1) is 11.8 Å². The maximum atomic E-state index is 11.0. The van der Waals surface area contributed by atoms with E-state index in [0.29, 0.717) is 13.0 Å². The first-order valence-electron chi connectivity index (χ1n) is 6.82. The van der Waals surface area contributed by atoms with Gasteiger partial charge in [0.25, 0.3) is 0 Å². The second-order valence-electron chi connectivity index (χ2n) is 5.17. The average molecular weight is 286 g/mol. The smallest absolute Gasteiger partial charge is 0.302 e. The Morgan fingerprint density at radius 3 is 1.90 bits per heavy atom. The van der Waals surface area contributed by atoms with Gasteiger partial charge in [-0.05, 0) is 25.2 Å². The van der Waals surface area contributed by atoms with Gasteiger partial charge < -0.3 is 14.2 Å². The third-order valence-electron chi connectivity index (χ3n) is 3.43. The van der Waals surface area contributed by atoms with Gasteiger partial charge in [0.2, 0.25) is 0 Å². The zero-order chi connectivity index (χ0) is 15.1. The molecule has 20 heavy (non-hydrogen) atoms. The van der Waals surface area contributed by atoms with Crippen molar-refractivity contribution in [1.82, 2.24) is 0 Å². The highest BCUT2D eigenvalue weighted by Crippen LogP contribution is 2.32. The quantitative estimate of drug-likeness (QED) is 0.562. The first-order valence-corrected chi connectivity index (χ1v) is 6.82. The van der Waals surface area contributed by atoms with E-state index in [4.69, 9.17) is 14.2 Å². The molecule has 0 heterocycles. The van der Waals surface area contributed by atoms with Crippen LogP contribution in [-0.2, 0) is 28.6 Å². The summed E-state index contributed by atoms with van der Waals surface area (Å²) in [7, 11) is 0. The van der Waals surface area contributed by atoms with Gasteiger partial charge in [-0.3, -0.25) is 14.4 Å². The molecule has 0 saturated heterocycles. The summed E-state index contributed by atoms with van der Waals surface area (Å²) in [5.74, 6) is -0.801. The van der Waals surface area contributed by atoms with E-state index in [2.05, 4.69) is 0 Å². The molecule has 1 fully saturated rings. The van der Waals surface area contributed by atoms with Gasteiger partial charge in [0, 0.05) is 26.7 Å². The van der Waals surface area contributed by atoms with Gasteiger partial charge in [-0.2, -0.15) is 0 Å². The molecule has 6 heteroatoms. The van der Waals surface area contributed by atoms with Crippen molar-refractivity contribution in [1.29, 1.82) is 0 Å². The lowest BCUT2D eigenvalue weighted by Gasteiger charge is -2.34. The Morgan fingerprint density at radius 1 is 0.850 bits per heavy atom. The molecule has 0 bridgehead atoms. The van der Waals surface area contributed by atoms with Gasteiger partial charge in [0.1, 0.15) is 6.10 Å². The predicted octanol–water partition coefficient (Wildman–Crippen LogP) is 1.46. The van der Waals surface area contributed by atoms with E-state index < -0.39 is 0 Å². The van der Waals surface area contributed by atoms with Crippen LogP contribution < -0.4 is 0 Å². The van der Waals surface area contributed by atoms with E-state index in [1.54, 1.807) is 0 Å². The van der Waals surface area contributed by atoms with Crippen molar-refractivity contribution in [2.24, 2.45) is 11.8 Å². The van der Waals surface area contributed by atoms with Gasteiger partial charge in [-0.25, -0.2) is 0 Å². The monoisotopic (exact) mass is 286 g/mol. The highest BCUT2D eigenvalue weighted by atomic mass is 16.5. The van der Waals surface area contributed by atoms with Crippen molar-refractivity contribution in [3.05, 3.63) is 0 Å². The van der Waals surface area contributed by atoms with Crippen molar-refractivity contribution >= 4 is 17.9 Å². The highest BCUT2D eigenvalue weighted by molar-refractivity contribution is 5.66.